The number of hydrogen-bond donors (Lipinski definition) is 2. The summed E-state index contributed by atoms with van der Waals surface area (Å²) in [5.74, 6) is -1.32. The van der Waals surface area contributed by atoms with Crippen molar-refractivity contribution in [3.63, 3.8) is 0 Å². The van der Waals surface area contributed by atoms with Crippen molar-refractivity contribution in [2.45, 2.75) is 24.7 Å². The molecule has 0 radical (unpaired) electrons. The van der Waals surface area contributed by atoms with E-state index >= 15 is 0 Å². The van der Waals surface area contributed by atoms with E-state index < -0.39 is 17.1 Å². The lowest BCUT2D eigenvalue weighted by Crippen LogP contribution is -2.42. The number of nitrogens with zero attached hydrogens (tertiary/aromatic N) is 2. The summed E-state index contributed by atoms with van der Waals surface area (Å²) in [7, 11) is 0. The maximum atomic E-state index is 14.7. The number of benzene rings is 1. The van der Waals surface area contributed by atoms with Crippen molar-refractivity contribution in [3.8, 4) is 11.1 Å². The molecule has 0 spiro atoms. The molecule has 0 aliphatic heterocycles. The monoisotopic (exact) mass is 394 g/mol. The lowest BCUT2D eigenvalue weighted by molar-refractivity contribution is 0.100. The van der Waals surface area contributed by atoms with E-state index in [0.29, 0.717) is 28.9 Å². The Kier molecular flexibility index (Phi) is 4.96. The third-order valence-electron chi connectivity index (χ3n) is 5.49. The summed E-state index contributed by atoms with van der Waals surface area (Å²) < 4.78 is 28.9. The molecule has 4 rings (SSSR count). The van der Waals surface area contributed by atoms with Gasteiger partial charge in [0.2, 0.25) is 5.91 Å². The molecule has 1 saturated carbocycles. The number of rotatable bonds is 6. The van der Waals surface area contributed by atoms with Gasteiger partial charge >= 0.3 is 0 Å². The molecule has 7 heteroatoms. The van der Waals surface area contributed by atoms with Gasteiger partial charge in [0.05, 0.1) is 5.69 Å². The largest absolute Gasteiger partial charge is 0.367 e. The van der Waals surface area contributed by atoms with Gasteiger partial charge in [-0.05, 0) is 48.7 Å². The first kappa shape index (κ1) is 19.0. The molecule has 0 bridgehead atoms. The molecule has 0 saturated heterocycles. The van der Waals surface area contributed by atoms with E-state index in [1.165, 1.54) is 18.3 Å². The van der Waals surface area contributed by atoms with Gasteiger partial charge in [-0.1, -0.05) is 18.6 Å². The van der Waals surface area contributed by atoms with Crippen molar-refractivity contribution >= 4 is 11.7 Å². The summed E-state index contributed by atoms with van der Waals surface area (Å²) in [6, 6.07) is 10.9. The molecule has 1 fully saturated rings. The minimum absolute atomic E-state index is 0.0995. The van der Waals surface area contributed by atoms with Crippen molar-refractivity contribution in [3.05, 3.63) is 77.8 Å². The Morgan fingerprint density at radius 2 is 1.90 bits per heavy atom. The molecular weight excluding hydrogens is 374 g/mol. The third-order valence-corrected chi connectivity index (χ3v) is 5.49. The van der Waals surface area contributed by atoms with Crippen LogP contribution in [0.25, 0.3) is 11.1 Å². The highest BCUT2D eigenvalue weighted by atomic mass is 19.1. The van der Waals surface area contributed by atoms with Gasteiger partial charge in [-0.25, -0.2) is 13.8 Å². The van der Waals surface area contributed by atoms with Crippen LogP contribution in [0, 0.1) is 11.6 Å². The second-order valence-electron chi connectivity index (χ2n) is 7.32. The van der Waals surface area contributed by atoms with Crippen LogP contribution >= 0.6 is 0 Å². The molecule has 3 N–H and O–H groups in total. The van der Waals surface area contributed by atoms with Crippen LogP contribution < -0.4 is 11.1 Å². The standard InChI is InChI=1S/C22H20F2N4O/c23-17-6-2-9-26-19(17)22(7-3-8-22)13-28-21-18(24)11-16(12-27-21)14-4-1-5-15(10-14)20(25)29/h1-2,4-6,9-12H,3,7-8,13H2,(H2,25,29)(H,27,28). The number of aromatic nitrogens is 2. The first-order valence-corrected chi connectivity index (χ1v) is 9.39. The number of anilines is 1. The average Bonchev–Trinajstić information content (AvgIpc) is 2.69. The van der Waals surface area contributed by atoms with Crippen LogP contribution in [0.3, 0.4) is 0 Å². The number of amides is 1. The van der Waals surface area contributed by atoms with Gasteiger partial charge in [-0.2, -0.15) is 0 Å². The summed E-state index contributed by atoms with van der Waals surface area (Å²) in [5, 5.41) is 3.02. The molecular formula is C22H20F2N4O. The quantitative estimate of drug-likeness (QED) is 0.661. The zero-order valence-electron chi connectivity index (χ0n) is 15.7. The van der Waals surface area contributed by atoms with Crippen LogP contribution in [0.1, 0.15) is 35.3 Å². The minimum atomic E-state index is -0.550. The highest BCUT2D eigenvalue weighted by molar-refractivity contribution is 5.94. The van der Waals surface area contributed by atoms with Gasteiger partial charge in [-0.15, -0.1) is 0 Å². The Labute approximate surface area is 167 Å². The minimum Gasteiger partial charge on any atom is -0.367 e. The first-order chi connectivity index (χ1) is 14.0. The van der Waals surface area contributed by atoms with Crippen LogP contribution in [0.2, 0.25) is 0 Å². The highest BCUT2D eigenvalue weighted by Crippen LogP contribution is 2.43. The lowest BCUT2D eigenvalue weighted by atomic mass is 9.66. The Balaban J connectivity index is 1.54. The Bertz CT molecular complexity index is 1070. The zero-order chi connectivity index (χ0) is 20.4. The summed E-state index contributed by atoms with van der Waals surface area (Å²) >= 11 is 0. The van der Waals surface area contributed by atoms with E-state index in [2.05, 4.69) is 15.3 Å². The number of halogens is 2. The van der Waals surface area contributed by atoms with Crippen molar-refractivity contribution in [1.29, 1.82) is 0 Å². The van der Waals surface area contributed by atoms with E-state index in [0.717, 1.165) is 19.3 Å². The van der Waals surface area contributed by atoms with E-state index in [-0.39, 0.29) is 11.6 Å². The number of carbonyl (C=O) groups excluding carboxylic acids is 1. The molecule has 2 heterocycles. The van der Waals surface area contributed by atoms with Gasteiger partial charge in [0.25, 0.3) is 0 Å². The Morgan fingerprint density at radius 3 is 2.55 bits per heavy atom. The van der Waals surface area contributed by atoms with E-state index in [4.69, 9.17) is 5.73 Å². The number of nitrogens with one attached hydrogen (secondary N) is 1. The molecule has 0 atom stereocenters. The molecule has 29 heavy (non-hydrogen) atoms. The van der Waals surface area contributed by atoms with Gasteiger partial charge in [-0.3, -0.25) is 9.78 Å². The summed E-state index contributed by atoms with van der Waals surface area (Å²) in [5.41, 5.74) is 6.79. The van der Waals surface area contributed by atoms with Crippen LogP contribution in [0.5, 0.6) is 0 Å². The van der Waals surface area contributed by atoms with Crippen molar-refractivity contribution in [1.82, 2.24) is 9.97 Å². The topological polar surface area (TPSA) is 80.9 Å². The molecule has 0 unspecified atom stereocenters. The molecule has 148 valence electrons. The third kappa shape index (κ3) is 3.68. The van der Waals surface area contributed by atoms with Crippen LogP contribution in [-0.2, 0) is 5.41 Å². The fourth-order valence-corrected chi connectivity index (χ4v) is 3.71. The molecule has 1 aliphatic carbocycles. The number of hydrogen-bond acceptors (Lipinski definition) is 4. The number of pyridine rings is 2. The normalized spacial score (nSPS) is 14.8. The summed E-state index contributed by atoms with van der Waals surface area (Å²) in [4.78, 5) is 19.8. The molecule has 1 amide bonds. The predicted molar refractivity (Wildman–Crippen MR) is 106 cm³/mol. The molecule has 2 aromatic heterocycles. The van der Waals surface area contributed by atoms with Crippen molar-refractivity contribution in [2.24, 2.45) is 5.73 Å². The number of carbonyl (C=O) groups is 1. The highest BCUT2D eigenvalue weighted by Gasteiger charge is 2.42. The summed E-state index contributed by atoms with van der Waals surface area (Å²) in [6.45, 7) is 0.349. The van der Waals surface area contributed by atoms with Gasteiger partial charge in [0.15, 0.2) is 11.6 Å². The van der Waals surface area contributed by atoms with Crippen LogP contribution in [0.4, 0.5) is 14.6 Å². The smallest absolute Gasteiger partial charge is 0.248 e. The fourth-order valence-electron chi connectivity index (χ4n) is 3.71. The Morgan fingerprint density at radius 1 is 1.07 bits per heavy atom. The lowest BCUT2D eigenvalue weighted by Gasteiger charge is -2.41. The number of primary amides is 1. The predicted octanol–water partition coefficient (Wildman–Crippen LogP) is 4.05. The van der Waals surface area contributed by atoms with Crippen molar-refractivity contribution < 1.29 is 13.6 Å². The van der Waals surface area contributed by atoms with Gasteiger partial charge in [0, 0.05) is 35.5 Å². The molecule has 5 nitrogen and oxygen atoms in total. The fraction of sp³-hybridized carbons (Fsp3) is 0.227. The average molecular weight is 394 g/mol. The zero-order valence-corrected chi connectivity index (χ0v) is 15.7. The molecule has 3 aromatic rings. The van der Waals surface area contributed by atoms with Gasteiger partial charge in [0.1, 0.15) is 5.82 Å². The van der Waals surface area contributed by atoms with Gasteiger partial charge < -0.3 is 11.1 Å². The van der Waals surface area contributed by atoms with Crippen molar-refractivity contribution in [2.75, 3.05) is 11.9 Å². The van der Waals surface area contributed by atoms with E-state index in [1.54, 1.807) is 36.5 Å². The second kappa shape index (κ2) is 7.58. The molecule has 1 aliphatic rings. The SMILES string of the molecule is NC(=O)c1cccc(-c2cnc(NCC3(c4ncccc4F)CCC3)c(F)c2)c1. The summed E-state index contributed by atoms with van der Waals surface area (Å²) in [6.07, 6.45) is 5.65. The maximum Gasteiger partial charge on any atom is 0.248 e. The van der Waals surface area contributed by atoms with E-state index in [1.807, 2.05) is 0 Å². The number of nitrogens with two attached hydrogens (primary N) is 1. The Hall–Kier alpha value is -3.35. The van der Waals surface area contributed by atoms with Crippen LogP contribution in [0.15, 0.2) is 54.9 Å². The maximum absolute atomic E-state index is 14.7. The molecule has 1 aromatic carbocycles. The second-order valence-corrected chi connectivity index (χ2v) is 7.32. The first-order valence-electron chi connectivity index (χ1n) is 9.39. The van der Waals surface area contributed by atoms with Crippen LogP contribution in [-0.4, -0.2) is 22.4 Å². The van der Waals surface area contributed by atoms with E-state index in [9.17, 15) is 13.6 Å².